The lowest BCUT2D eigenvalue weighted by Gasteiger charge is -2.13. The van der Waals surface area contributed by atoms with Crippen LogP contribution in [0.5, 0.6) is 5.88 Å². The summed E-state index contributed by atoms with van der Waals surface area (Å²) in [5.74, 6) is 7.43. The van der Waals surface area contributed by atoms with Crippen molar-refractivity contribution < 1.29 is 4.74 Å². The average Bonchev–Trinajstić information content (AvgIpc) is 2.48. The second kappa shape index (κ2) is 7.38. The molecule has 0 unspecified atom stereocenters. The van der Waals surface area contributed by atoms with Crippen molar-refractivity contribution in [1.29, 1.82) is 0 Å². The molecule has 112 valence electrons. The first-order valence-electron chi connectivity index (χ1n) is 6.85. The van der Waals surface area contributed by atoms with E-state index in [-0.39, 0.29) is 0 Å². The Kier molecular flexibility index (Phi) is 5.52. The summed E-state index contributed by atoms with van der Waals surface area (Å²) in [6, 6.07) is 7.99. The van der Waals surface area contributed by atoms with Crippen LogP contribution in [0.4, 0.5) is 5.82 Å². The van der Waals surface area contributed by atoms with E-state index in [0.29, 0.717) is 18.3 Å². The highest BCUT2D eigenvalue weighted by atomic mass is 79.9. The molecule has 1 aromatic heterocycles. The van der Waals surface area contributed by atoms with E-state index in [1.165, 1.54) is 0 Å². The number of nitrogens with one attached hydrogen (secondary N) is 1. The van der Waals surface area contributed by atoms with Crippen molar-refractivity contribution in [3.05, 3.63) is 45.7 Å². The molecule has 2 rings (SSSR count). The van der Waals surface area contributed by atoms with E-state index in [4.69, 9.17) is 10.6 Å². The van der Waals surface area contributed by atoms with E-state index < -0.39 is 0 Å². The lowest BCUT2D eigenvalue weighted by molar-refractivity contribution is 0.290. The number of nitrogen functional groups attached to an aromatic ring is 1. The maximum Gasteiger partial charge on any atom is 0.222 e. The summed E-state index contributed by atoms with van der Waals surface area (Å²) >= 11 is 3.45. The Labute approximate surface area is 133 Å². The Morgan fingerprint density at radius 3 is 2.81 bits per heavy atom. The van der Waals surface area contributed by atoms with Crippen molar-refractivity contribution in [2.24, 2.45) is 5.84 Å². The number of hydrogen-bond acceptors (Lipinski definition) is 5. The van der Waals surface area contributed by atoms with E-state index in [0.717, 1.165) is 34.3 Å². The molecular weight excluding hydrogens is 332 g/mol. The zero-order valence-corrected chi connectivity index (χ0v) is 13.8. The van der Waals surface area contributed by atoms with Crippen LogP contribution in [0.3, 0.4) is 0 Å². The molecule has 1 aromatic carbocycles. The van der Waals surface area contributed by atoms with Gasteiger partial charge in [0.05, 0.1) is 5.56 Å². The number of ether oxygens (including phenoxy) is 1. The van der Waals surface area contributed by atoms with E-state index in [9.17, 15) is 0 Å². The van der Waals surface area contributed by atoms with Crippen molar-refractivity contribution in [2.45, 2.75) is 33.3 Å². The number of hydrazine groups is 1. The van der Waals surface area contributed by atoms with Crippen molar-refractivity contribution in [3.63, 3.8) is 0 Å². The Morgan fingerprint density at radius 2 is 2.14 bits per heavy atom. The topological polar surface area (TPSA) is 73.1 Å². The van der Waals surface area contributed by atoms with E-state index in [1.807, 2.05) is 31.2 Å². The summed E-state index contributed by atoms with van der Waals surface area (Å²) < 4.78 is 6.87. The summed E-state index contributed by atoms with van der Waals surface area (Å²) in [6.45, 7) is 4.43. The fourth-order valence-electron chi connectivity index (χ4n) is 1.94. The Bertz CT molecular complexity index is 619. The van der Waals surface area contributed by atoms with Gasteiger partial charge >= 0.3 is 0 Å². The Hall–Kier alpha value is -1.66. The SMILES string of the molecule is CCCc1nc(NN)c(C)c(OCc2cccc(Br)c2)n1. The molecule has 0 spiro atoms. The van der Waals surface area contributed by atoms with Crippen LogP contribution in [0.25, 0.3) is 0 Å². The number of halogens is 1. The van der Waals surface area contributed by atoms with Gasteiger partial charge in [-0.1, -0.05) is 35.0 Å². The summed E-state index contributed by atoms with van der Waals surface area (Å²) in [6.07, 6.45) is 1.76. The maximum atomic E-state index is 5.84. The average molecular weight is 351 g/mol. The minimum atomic E-state index is 0.451. The van der Waals surface area contributed by atoms with Crippen LogP contribution in [0, 0.1) is 6.92 Å². The number of nitrogens with two attached hydrogens (primary N) is 1. The fraction of sp³-hybridized carbons (Fsp3) is 0.333. The molecule has 0 aliphatic carbocycles. The standard InChI is InChI=1S/C15H19BrN4O/c1-3-5-13-18-14(20-17)10(2)15(19-13)21-9-11-6-4-7-12(16)8-11/h4,6-8H,3,5,9,17H2,1-2H3,(H,18,19,20). The minimum Gasteiger partial charge on any atom is -0.472 e. The van der Waals surface area contributed by atoms with Gasteiger partial charge in [0.15, 0.2) is 0 Å². The molecule has 0 aliphatic heterocycles. The quantitative estimate of drug-likeness (QED) is 0.617. The number of aromatic nitrogens is 2. The van der Waals surface area contributed by atoms with Crippen molar-refractivity contribution in [3.8, 4) is 5.88 Å². The zero-order valence-electron chi connectivity index (χ0n) is 12.2. The molecule has 5 nitrogen and oxygen atoms in total. The normalized spacial score (nSPS) is 10.5. The van der Waals surface area contributed by atoms with Gasteiger partial charge in [-0.15, -0.1) is 0 Å². The third-order valence-electron chi connectivity index (χ3n) is 3.02. The van der Waals surface area contributed by atoms with Gasteiger partial charge in [0.25, 0.3) is 0 Å². The smallest absolute Gasteiger partial charge is 0.222 e. The summed E-state index contributed by atoms with van der Waals surface area (Å²) in [4.78, 5) is 8.84. The molecule has 0 bridgehead atoms. The van der Waals surface area contributed by atoms with E-state index >= 15 is 0 Å². The van der Waals surface area contributed by atoms with Gasteiger partial charge in [0, 0.05) is 10.9 Å². The van der Waals surface area contributed by atoms with E-state index in [2.05, 4.69) is 38.2 Å². The molecule has 0 saturated carbocycles. The van der Waals surface area contributed by atoms with Gasteiger partial charge in [-0.3, -0.25) is 0 Å². The minimum absolute atomic E-state index is 0.451. The highest BCUT2D eigenvalue weighted by Crippen LogP contribution is 2.23. The number of anilines is 1. The molecule has 0 amide bonds. The van der Waals surface area contributed by atoms with Crippen molar-refractivity contribution in [2.75, 3.05) is 5.43 Å². The van der Waals surface area contributed by atoms with Gasteiger partial charge in [0.1, 0.15) is 18.2 Å². The fourth-order valence-corrected chi connectivity index (χ4v) is 2.38. The monoisotopic (exact) mass is 350 g/mol. The van der Waals surface area contributed by atoms with Gasteiger partial charge in [-0.2, -0.15) is 4.98 Å². The molecule has 6 heteroatoms. The largest absolute Gasteiger partial charge is 0.472 e. The number of nitrogens with zero attached hydrogens (tertiary/aromatic N) is 2. The molecule has 0 fully saturated rings. The van der Waals surface area contributed by atoms with E-state index in [1.54, 1.807) is 0 Å². The first kappa shape index (κ1) is 15.7. The summed E-state index contributed by atoms with van der Waals surface area (Å²) in [5.41, 5.74) is 4.49. The number of aryl methyl sites for hydroxylation is 1. The lowest BCUT2D eigenvalue weighted by atomic mass is 10.2. The highest BCUT2D eigenvalue weighted by Gasteiger charge is 2.11. The van der Waals surface area contributed by atoms with Crippen molar-refractivity contribution in [1.82, 2.24) is 9.97 Å². The maximum absolute atomic E-state index is 5.84. The molecule has 21 heavy (non-hydrogen) atoms. The second-order valence-corrected chi connectivity index (χ2v) is 5.65. The van der Waals surface area contributed by atoms with Crippen LogP contribution >= 0.6 is 15.9 Å². The third-order valence-corrected chi connectivity index (χ3v) is 3.52. The Balaban J connectivity index is 2.20. The molecule has 3 N–H and O–H groups in total. The molecular formula is C15H19BrN4O. The molecule has 0 aliphatic rings. The first-order chi connectivity index (χ1) is 10.1. The number of hydrogen-bond donors (Lipinski definition) is 2. The number of benzene rings is 1. The van der Waals surface area contributed by atoms with Crippen LogP contribution in [0.1, 0.15) is 30.3 Å². The van der Waals surface area contributed by atoms with Crippen LogP contribution in [0.15, 0.2) is 28.7 Å². The van der Waals surface area contributed by atoms with Gasteiger partial charge in [0.2, 0.25) is 5.88 Å². The highest BCUT2D eigenvalue weighted by molar-refractivity contribution is 9.10. The van der Waals surface area contributed by atoms with Gasteiger partial charge < -0.3 is 10.2 Å². The summed E-state index contributed by atoms with van der Waals surface area (Å²) in [7, 11) is 0. The first-order valence-corrected chi connectivity index (χ1v) is 7.64. The van der Waals surface area contributed by atoms with Crippen LogP contribution in [0.2, 0.25) is 0 Å². The molecule has 0 saturated heterocycles. The molecule has 2 aromatic rings. The Morgan fingerprint density at radius 1 is 1.33 bits per heavy atom. The van der Waals surface area contributed by atoms with Crippen LogP contribution < -0.4 is 16.0 Å². The van der Waals surface area contributed by atoms with Gasteiger partial charge in [-0.25, -0.2) is 10.8 Å². The molecule has 0 radical (unpaired) electrons. The van der Waals surface area contributed by atoms with Crippen molar-refractivity contribution >= 4 is 21.7 Å². The zero-order chi connectivity index (χ0) is 15.2. The predicted octanol–water partition coefficient (Wildman–Crippen LogP) is 3.36. The molecule has 1 heterocycles. The molecule has 0 atom stereocenters. The second-order valence-electron chi connectivity index (χ2n) is 4.73. The lowest BCUT2D eigenvalue weighted by Crippen LogP contribution is -2.14. The van der Waals surface area contributed by atoms with Crippen LogP contribution in [-0.4, -0.2) is 9.97 Å². The summed E-state index contributed by atoms with van der Waals surface area (Å²) in [5, 5.41) is 0. The van der Waals surface area contributed by atoms with Gasteiger partial charge in [-0.05, 0) is 31.0 Å². The third kappa shape index (κ3) is 4.15. The van der Waals surface area contributed by atoms with Crippen LogP contribution in [-0.2, 0) is 13.0 Å². The predicted molar refractivity (Wildman–Crippen MR) is 87.0 cm³/mol. The number of rotatable bonds is 6.